The second-order valence-electron chi connectivity index (χ2n) is 8.54. The topological polar surface area (TPSA) is 69.0 Å². The highest BCUT2D eigenvalue weighted by molar-refractivity contribution is 5.77. The fraction of sp³-hybridized carbons (Fsp3) is 0.833. The first kappa shape index (κ1) is 20.6. The van der Waals surface area contributed by atoms with Gasteiger partial charge in [-0.15, -0.1) is 5.10 Å². The van der Waals surface area contributed by atoms with E-state index in [1.807, 2.05) is 24.7 Å². The molecule has 24 heavy (non-hydrogen) atoms. The van der Waals surface area contributed by atoms with E-state index in [2.05, 4.69) is 43.3 Å². The maximum atomic E-state index is 11.7. The number of nitrogens with one attached hydrogen (secondary N) is 1. The molecule has 0 atom stereocenters. The summed E-state index contributed by atoms with van der Waals surface area (Å²) in [6.45, 7) is 14.9. The van der Waals surface area contributed by atoms with Gasteiger partial charge in [-0.25, -0.2) is 0 Å². The minimum absolute atomic E-state index is 0.0400. The molecule has 1 rings (SSSR count). The van der Waals surface area contributed by atoms with Crippen LogP contribution in [0.15, 0.2) is 6.20 Å². The Balaban J connectivity index is 2.51. The van der Waals surface area contributed by atoms with Crippen molar-refractivity contribution in [2.75, 3.05) is 13.7 Å². The predicted octanol–water partition coefficient (Wildman–Crippen LogP) is 3.03. The normalized spacial score (nSPS) is 12.7. The number of amides is 1. The van der Waals surface area contributed by atoms with Crippen LogP contribution in [0.2, 0.25) is 0 Å². The summed E-state index contributed by atoms with van der Waals surface area (Å²) in [5.41, 5.74) is 1.08. The lowest BCUT2D eigenvalue weighted by Crippen LogP contribution is -2.33. The third kappa shape index (κ3) is 7.43. The molecule has 0 aromatic carbocycles. The number of carbonyl (C=O) groups is 1. The van der Waals surface area contributed by atoms with Crippen molar-refractivity contribution in [3.8, 4) is 0 Å². The van der Waals surface area contributed by atoms with E-state index in [0.717, 1.165) is 31.6 Å². The summed E-state index contributed by atoms with van der Waals surface area (Å²) in [6.07, 6.45) is 3.94. The van der Waals surface area contributed by atoms with Crippen LogP contribution in [0, 0.1) is 16.7 Å². The SMILES string of the molecule is COCc1cn(CC(C)(C)CC(C)(C)CCNC(=O)C(C)C)nn1. The van der Waals surface area contributed by atoms with Gasteiger partial charge in [0.05, 0.1) is 12.8 Å². The number of methoxy groups -OCH3 is 1. The summed E-state index contributed by atoms with van der Waals surface area (Å²) < 4.78 is 6.98. The number of hydrogen-bond acceptors (Lipinski definition) is 4. The van der Waals surface area contributed by atoms with Gasteiger partial charge in [0.25, 0.3) is 0 Å². The van der Waals surface area contributed by atoms with Crippen LogP contribution < -0.4 is 5.32 Å². The van der Waals surface area contributed by atoms with Crippen molar-refractivity contribution in [3.05, 3.63) is 11.9 Å². The Kier molecular flexibility index (Phi) is 7.39. The lowest BCUT2D eigenvalue weighted by atomic mass is 9.73. The van der Waals surface area contributed by atoms with Gasteiger partial charge in [-0.2, -0.15) is 0 Å². The number of ether oxygens (including phenoxy) is 1. The molecule has 0 radical (unpaired) electrons. The standard InChI is InChI=1S/C18H34N4O2/c1-14(2)16(23)19-9-8-17(3,4)12-18(5,6)13-22-10-15(11-24-7)20-21-22/h10,14H,8-9,11-13H2,1-7H3,(H,19,23). The molecule has 1 heterocycles. The molecule has 1 amide bonds. The number of aromatic nitrogens is 3. The first-order valence-corrected chi connectivity index (χ1v) is 8.70. The average Bonchev–Trinajstić information content (AvgIpc) is 2.83. The van der Waals surface area contributed by atoms with Gasteiger partial charge >= 0.3 is 0 Å². The summed E-state index contributed by atoms with van der Waals surface area (Å²) in [5.74, 6) is 0.163. The van der Waals surface area contributed by atoms with Crippen molar-refractivity contribution in [1.29, 1.82) is 0 Å². The lowest BCUT2D eigenvalue weighted by molar-refractivity contribution is -0.124. The molecular formula is C18H34N4O2. The third-order valence-electron chi connectivity index (χ3n) is 4.05. The van der Waals surface area contributed by atoms with Gasteiger partial charge < -0.3 is 10.1 Å². The van der Waals surface area contributed by atoms with Crippen molar-refractivity contribution in [2.24, 2.45) is 16.7 Å². The van der Waals surface area contributed by atoms with Gasteiger partial charge in [-0.3, -0.25) is 9.48 Å². The Hall–Kier alpha value is -1.43. The first-order valence-electron chi connectivity index (χ1n) is 8.70. The van der Waals surface area contributed by atoms with E-state index in [1.54, 1.807) is 7.11 Å². The number of rotatable bonds is 10. The minimum Gasteiger partial charge on any atom is -0.378 e. The van der Waals surface area contributed by atoms with E-state index in [1.165, 1.54) is 0 Å². The Labute approximate surface area is 146 Å². The molecule has 0 unspecified atom stereocenters. The van der Waals surface area contributed by atoms with Gasteiger partial charge in [0.15, 0.2) is 0 Å². The molecule has 0 bridgehead atoms. The maximum absolute atomic E-state index is 11.7. The molecule has 0 aliphatic rings. The molecule has 0 spiro atoms. The van der Waals surface area contributed by atoms with Gasteiger partial charge in [-0.1, -0.05) is 46.8 Å². The van der Waals surface area contributed by atoms with Gasteiger partial charge in [0.1, 0.15) is 5.69 Å². The molecule has 0 aliphatic carbocycles. The highest BCUT2D eigenvalue weighted by Crippen LogP contribution is 2.37. The van der Waals surface area contributed by atoms with E-state index in [4.69, 9.17) is 4.74 Å². The van der Waals surface area contributed by atoms with Crippen molar-refractivity contribution in [3.63, 3.8) is 0 Å². The number of hydrogen-bond donors (Lipinski definition) is 1. The van der Waals surface area contributed by atoms with Crippen molar-refractivity contribution in [2.45, 2.75) is 67.5 Å². The molecule has 0 fully saturated rings. The smallest absolute Gasteiger partial charge is 0.222 e. The van der Waals surface area contributed by atoms with Gasteiger partial charge in [0.2, 0.25) is 5.91 Å². The van der Waals surface area contributed by atoms with E-state index < -0.39 is 0 Å². The Morgan fingerprint density at radius 2 is 1.96 bits per heavy atom. The highest BCUT2D eigenvalue weighted by Gasteiger charge is 2.29. The summed E-state index contributed by atoms with van der Waals surface area (Å²) in [7, 11) is 1.66. The van der Waals surface area contributed by atoms with E-state index in [-0.39, 0.29) is 22.7 Å². The summed E-state index contributed by atoms with van der Waals surface area (Å²) in [6, 6.07) is 0. The lowest BCUT2D eigenvalue weighted by Gasteiger charge is -2.35. The molecule has 0 saturated carbocycles. The average molecular weight is 338 g/mol. The van der Waals surface area contributed by atoms with Crippen LogP contribution in [-0.2, 0) is 22.7 Å². The molecule has 1 N–H and O–H groups in total. The van der Waals surface area contributed by atoms with Crippen LogP contribution in [0.25, 0.3) is 0 Å². The van der Waals surface area contributed by atoms with E-state index in [9.17, 15) is 4.79 Å². The fourth-order valence-electron chi connectivity index (χ4n) is 3.24. The maximum Gasteiger partial charge on any atom is 0.222 e. The molecule has 1 aromatic rings. The largest absolute Gasteiger partial charge is 0.378 e. The van der Waals surface area contributed by atoms with Crippen LogP contribution in [0.5, 0.6) is 0 Å². The van der Waals surface area contributed by atoms with Crippen molar-refractivity contribution >= 4 is 5.91 Å². The van der Waals surface area contributed by atoms with Crippen LogP contribution in [0.4, 0.5) is 0 Å². The number of carbonyl (C=O) groups excluding carboxylic acids is 1. The van der Waals surface area contributed by atoms with Crippen LogP contribution in [0.1, 0.15) is 60.1 Å². The van der Waals surface area contributed by atoms with Crippen LogP contribution >= 0.6 is 0 Å². The molecular weight excluding hydrogens is 304 g/mol. The Morgan fingerprint density at radius 3 is 2.54 bits per heavy atom. The quantitative estimate of drug-likeness (QED) is 0.712. The molecule has 6 heteroatoms. The summed E-state index contributed by atoms with van der Waals surface area (Å²) in [5, 5.41) is 11.3. The first-order chi connectivity index (χ1) is 11.0. The second-order valence-corrected chi connectivity index (χ2v) is 8.54. The summed E-state index contributed by atoms with van der Waals surface area (Å²) >= 11 is 0. The third-order valence-corrected chi connectivity index (χ3v) is 4.05. The zero-order valence-electron chi connectivity index (χ0n) is 16.3. The van der Waals surface area contributed by atoms with Crippen molar-refractivity contribution < 1.29 is 9.53 Å². The fourth-order valence-corrected chi connectivity index (χ4v) is 3.24. The zero-order valence-corrected chi connectivity index (χ0v) is 16.3. The molecule has 6 nitrogen and oxygen atoms in total. The number of nitrogens with zero attached hydrogens (tertiary/aromatic N) is 3. The van der Waals surface area contributed by atoms with Gasteiger partial charge in [0, 0.05) is 26.1 Å². The molecule has 0 saturated heterocycles. The monoisotopic (exact) mass is 338 g/mol. The van der Waals surface area contributed by atoms with E-state index >= 15 is 0 Å². The molecule has 138 valence electrons. The Bertz CT molecular complexity index is 521. The highest BCUT2D eigenvalue weighted by atomic mass is 16.5. The minimum atomic E-state index is 0.0400. The predicted molar refractivity (Wildman–Crippen MR) is 95.4 cm³/mol. The summed E-state index contributed by atoms with van der Waals surface area (Å²) in [4.78, 5) is 11.7. The molecule has 1 aromatic heterocycles. The van der Waals surface area contributed by atoms with Crippen molar-refractivity contribution in [1.82, 2.24) is 20.3 Å². The van der Waals surface area contributed by atoms with Gasteiger partial charge in [-0.05, 0) is 23.7 Å². The van der Waals surface area contributed by atoms with E-state index in [0.29, 0.717) is 6.61 Å². The van der Waals surface area contributed by atoms with Crippen LogP contribution in [0.3, 0.4) is 0 Å². The Morgan fingerprint density at radius 1 is 1.29 bits per heavy atom. The molecule has 0 aliphatic heterocycles. The van der Waals surface area contributed by atoms with Crippen LogP contribution in [-0.4, -0.2) is 34.6 Å². The second kappa shape index (κ2) is 8.60. The zero-order chi connectivity index (χ0) is 18.4.